The molecule has 2 aromatic carbocycles. The number of amides is 2. The van der Waals surface area contributed by atoms with Gasteiger partial charge in [0.05, 0.1) is 17.1 Å². The van der Waals surface area contributed by atoms with E-state index in [2.05, 4.69) is 10.6 Å². The van der Waals surface area contributed by atoms with Crippen LogP contribution in [0.1, 0.15) is 22.3 Å². The Morgan fingerprint density at radius 2 is 1.59 bits per heavy atom. The molecule has 0 aromatic heterocycles. The van der Waals surface area contributed by atoms with E-state index in [9.17, 15) is 22.8 Å². The molecule has 2 N–H and O–H groups in total. The van der Waals surface area contributed by atoms with Crippen LogP contribution in [0.25, 0.3) is 0 Å². The van der Waals surface area contributed by atoms with Crippen molar-refractivity contribution in [1.82, 2.24) is 5.32 Å². The molecular weight excluding hydrogens is 396 g/mol. The second kappa shape index (κ2) is 9.83. The molecule has 9 heteroatoms. The molecule has 0 atom stereocenters. The summed E-state index contributed by atoms with van der Waals surface area (Å²) in [6.45, 7) is 1.30. The van der Waals surface area contributed by atoms with Gasteiger partial charge in [-0.3, -0.25) is 14.4 Å². The first-order valence-electron chi connectivity index (χ1n) is 8.78. The molecule has 2 aromatic rings. The van der Waals surface area contributed by atoms with Gasteiger partial charge in [-0.05, 0) is 43.3 Å². The van der Waals surface area contributed by atoms with Crippen LogP contribution in [0.2, 0.25) is 0 Å². The molecule has 0 heterocycles. The van der Waals surface area contributed by atoms with Crippen molar-refractivity contribution in [2.75, 3.05) is 24.7 Å². The molecule has 0 radical (unpaired) electrons. The van der Waals surface area contributed by atoms with Crippen LogP contribution in [0.5, 0.6) is 0 Å². The largest absolute Gasteiger partial charge is 0.456 e. The van der Waals surface area contributed by atoms with Crippen LogP contribution >= 0.6 is 0 Å². The molecule has 0 spiro atoms. The van der Waals surface area contributed by atoms with Crippen molar-refractivity contribution in [1.29, 1.82) is 0 Å². The first kappa shape index (κ1) is 22.1. The molecule has 0 fully saturated rings. The van der Waals surface area contributed by atoms with Gasteiger partial charge in [-0.15, -0.1) is 0 Å². The number of hydrogen-bond acceptors (Lipinski definition) is 6. The van der Waals surface area contributed by atoms with Crippen molar-refractivity contribution >= 4 is 33.3 Å². The molecule has 0 saturated heterocycles. The Bertz CT molecular complexity index is 983. The number of sulfone groups is 1. The SMILES string of the molecule is CNC(=O)c1ccc(NC(=O)COC(=O)CCS(=O)(=O)c2ccc(C)cc2)cc1. The summed E-state index contributed by atoms with van der Waals surface area (Å²) in [6, 6.07) is 12.5. The minimum Gasteiger partial charge on any atom is -0.456 e. The standard InChI is InChI=1S/C20H22N2O6S/c1-14-3-9-17(10-4-14)29(26,27)12-11-19(24)28-13-18(23)22-16-7-5-15(6-8-16)20(25)21-2/h3-10H,11-13H2,1-2H3,(H,21,25)(H,22,23). The summed E-state index contributed by atoms with van der Waals surface area (Å²) in [5.41, 5.74) is 1.80. The summed E-state index contributed by atoms with van der Waals surface area (Å²) in [4.78, 5) is 35.2. The van der Waals surface area contributed by atoms with Gasteiger partial charge in [-0.1, -0.05) is 17.7 Å². The highest BCUT2D eigenvalue weighted by Gasteiger charge is 2.17. The van der Waals surface area contributed by atoms with Gasteiger partial charge in [0.15, 0.2) is 16.4 Å². The fourth-order valence-electron chi connectivity index (χ4n) is 2.35. The van der Waals surface area contributed by atoms with Gasteiger partial charge >= 0.3 is 5.97 Å². The lowest BCUT2D eigenvalue weighted by molar-refractivity contribution is -0.146. The molecule has 2 amide bonds. The number of anilines is 1. The quantitative estimate of drug-likeness (QED) is 0.630. The van der Waals surface area contributed by atoms with Crippen LogP contribution in [0.3, 0.4) is 0 Å². The topological polar surface area (TPSA) is 119 Å². The van der Waals surface area contributed by atoms with Gasteiger partial charge in [0.2, 0.25) is 0 Å². The average Bonchev–Trinajstić information content (AvgIpc) is 2.71. The number of aryl methyl sites for hydroxylation is 1. The Kier molecular flexibility index (Phi) is 7.49. The Labute approximate surface area is 169 Å². The lowest BCUT2D eigenvalue weighted by atomic mass is 10.2. The highest BCUT2D eigenvalue weighted by Crippen LogP contribution is 2.13. The van der Waals surface area contributed by atoms with Crippen LogP contribution in [0, 0.1) is 6.92 Å². The summed E-state index contributed by atoms with van der Waals surface area (Å²) in [6.07, 6.45) is -0.357. The van der Waals surface area contributed by atoms with Crippen molar-refractivity contribution in [3.63, 3.8) is 0 Å². The van der Waals surface area contributed by atoms with Crippen molar-refractivity contribution in [2.24, 2.45) is 0 Å². The van der Waals surface area contributed by atoms with E-state index in [0.29, 0.717) is 11.3 Å². The maximum absolute atomic E-state index is 12.2. The fourth-order valence-corrected chi connectivity index (χ4v) is 3.57. The Hall–Kier alpha value is -3.20. The summed E-state index contributed by atoms with van der Waals surface area (Å²) >= 11 is 0. The van der Waals surface area contributed by atoms with E-state index >= 15 is 0 Å². The number of hydrogen-bond donors (Lipinski definition) is 2. The van der Waals surface area contributed by atoms with E-state index in [-0.39, 0.29) is 17.2 Å². The summed E-state index contributed by atoms with van der Waals surface area (Å²) in [5, 5.41) is 5.00. The van der Waals surface area contributed by atoms with E-state index in [1.807, 2.05) is 6.92 Å². The molecule has 0 aliphatic carbocycles. The predicted molar refractivity (Wildman–Crippen MR) is 107 cm³/mol. The van der Waals surface area contributed by atoms with Crippen LogP contribution in [-0.4, -0.2) is 45.6 Å². The molecule has 0 aliphatic heterocycles. The summed E-state index contributed by atoms with van der Waals surface area (Å²) < 4.78 is 29.2. The van der Waals surface area contributed by atoms with Crippen molar-refractivity contribution in [3.8, 4) is 0 Å². The summed E-state index contributed by atoms with van der Waals surface area (Å²) in [5.74, 6) is -2.02. The Morgan fingerprint density at radius 3 is 2.17 bits per heavy atom. The number of carbonyl (C=O) groups excluding carboxylic acids is 3. The minimum atomic E-state index is -3.61. The third-order valence-electron chi connectivity index (χ3n) is 3.98. The maximum atomic E-state index is 12.2. The molecule has 8 nitrogen and oxygen atoms in total. The highest BCUT2D eigenvalue weighted by molar-refractivity contribution is 7.91. The lowest BCUT2D eigenvalue weighted by Gasteiger charge is -2.08. The monoisotopic (exact) mass is 418 g/mol. The summed E-state index contributed by atoms with van der Waals surface area (Å²) in [7, 11) is -2.09. The normalized spacial score (nSPS) is 10.8. The molecule has 0 saturated carbocycles. The molecule has 0 aliphatic rings. The number of rotatable bonds is 8. The number of ether oxygens (including phenoxy) is 1. The molecule has 154 valence electrons. The molecule has 0 unspecified atom stereocenters. The minimum absolute atomic E-state index is 0.133. The first-order valence-corrected chi connectivity index (χ1v) is 10.4. The number of esters is 1. The molecule has 29 heavy (non-hydrogen) atoms. The highest BCUT2D eigenvalue weighted by atomic mass is 32.2. The zero-order chi connectivity index (χ0) is 21.4. The van der Waals surface area contributed by atoms with Crippen molar-refractivity contribution < 1.29 is 27.5 Å². The zero-order valence-electron chi connectivity index (χ0n) is 16.1. The smallest absolute Gasteiger partial charge is 0.307 e. The van der Waals surface area contributed by atoms with Gasteiger partial charge in [-0.25, -0.2) is 8.42 Å². The molecular formula is C20H22N2O6S. The van der Waals surface area contributed by atoms with Crippen LogP contribution < -0.4 is 10.6 Å². The molecule has 0 bridgehead atoms. The zero-order valence-corrected chi connectivity index (χ0v) is 16.9. The first-order chi connectivity index (χ1) is 13.7. The maximum Gasteiger partial charge on any atom is 0.307 e. The predicted octanol–water partition coefficient (Wildman–Crippen LogP) is 1.70. The number of nitrogens with one attached hydrogen (secondary N) is 2. The van der Waals surface area contributed by atoms with Gasteiger partial charge in [-0.2, -0.15) is 0 Å². The van der Waals surface area contributed by atoms with Gasteiger partial charge < -0.3 is 15.4 Å². The fraction of sp³-hybridized carbons (Fsp3) is 0.250. The van der Waals surface area contributed by atoms with Crippen LogP contribution in [0.15, 0.2) is 53.4 Å². The molecule has 2 rings (SSSR count). The van der Waals surface area contributed by atoms with E-state index in [4.69, 9.17) is 4.74 Å². The van der Waals surface area contributed by atoms with Crippen molar-refractivity contribution in [3.05, 3.63) is 59.7 Å². The van der Waals surface area contributed by atoms with Crippen LogP contribution in [-0.2, 0) is 24.2 Å². The van der Waals surface area contributed by atoms with E-state index in [1.54, 1.807) is 24.3 Å². The third-order valence-corrected chi connectivity index (χ3v) is 5.71. The Morgan fingerprint density at radius 1 is 0.966 bits per heavy atom. The van der Waals surface area contributed by atoms with E-state index in [1.165, 1.54) is 31.3 Å². The second-order valence-electron chi connectivity index (χ2n) is 6.25. The average molecular weight is 418 g/mol. The number of carbonyl (C=O) groups is 3. The van der Waals surface area contributed by atoms with Crippen molar-refractivity contribution in [2.45, 2.75) is 18.2 Å². The van der Waals surface area contributed by atoms with Gasteiger partial charge in [0.25, 0.3) is 11.8 Å². The van der Waals surface area contributed by atoms with Crippen LogP contribution in [0.4, 0.5) is 5.69 Å². The Balaban J connectivity index is 1.79. The second-order valence-corrected chi connectivity index (χ2v) is 8.36. The lowest BCUT2D eigenvalue weighted by Crippen LogP contribution is -2.22. The van der Waals surface area contributed by atoms with E-state index in [0.717, 1.165) is 5.56 Å². The van der Waals surface area contributed by atoms with E-state index < -0.39 is 34.1 Å². The van der Waals surface area contributed by atoms with Gasteiger partial charge in [0.1, 0.15) is 0 Å². The number of benzene rings is 2. The van der Waals surface area contributed by atoms with Gasteiger partial charge in [0, 0.05) is 18.3 Å². The third kappa shape index (κ3) is 6.72.